The van der Waals surface area contributed by atoms with Crippen molar-refractivity contribution in [1.82, 2.24) is 15.2 Å². The first-order valence-corrected chi connectivity index (χ1v) is 11.2. The number of pyridine rings is 1. The Morgan fingerprint density at radius 2 is 2.06 bits per heavy atom. The number of aromatic amines is 1. The van der Waals surface area contributed by atoms with Gasteiger partial charge >= 0.3 is 0 Å². The Bertz CT molecular complexity index is 1410. The van der Waals surface area contributed by atoms with Crippen molar-refractivity contribution in [2.45, 2.75) is 19.4 Å². The van der Waals surface area contributed by atoms with Crippen LogP contribution in [0.4, 0.5) is 5.82 Å². The zero-order valence-electron chi connectivity index (χ0n) is 18.8. The van der Waals surface area contributed by atoms with E-state index in [0.717, 1.165) is 40.0 Å². The second-order valence-corrected chi connectivity index (χ2v) is 8.27. The molecule has 1 aliphatic heterocycles. The molecular formula is C25H22ClN5O4. The number of phenolic OH excluding ortho intramolecular Hbond substituents is 1. The number of fused-ring (bicyclic) bond motifs is 1. The predicted octanol–water partition coefficient (Wildman–Crippen LogP) is 4.39. The number of carboxylic acid groups (broad SMARTS) is 1. The molecule has 0 amide bonds. The molecule has 3 N–H and O–H groups in total. The van der Waals surface area contributed by atoms with Gasteiger partial charge in [0, 0.05) is 5.56 Å². The molecule has 0 aliphatic carbocycles. The van der Waals surface area contributed by atoms with E-state index in [0.29, 0.717) is 29.4 Å². The van der Waals surface area contributed by atoms with Gasteiger partial charge in [0.15, 0.2) is 0 Å². The molecule has 4 aromatic rings. The van der Waals surface area contributed by atoms with Crippen molar-refractivity contribution in [3.8, 4) is 28.8 Å². The number of H-pyrrole nitrogens is 1. The third-order valence-corrected chi connectivity index (χ3v) is 5.98. The largest absolute Gasteiger partial charge is 0.508 e. The average molecular weight is 492 g/mol. The summed E-state index contributed by atoms with van der Waals surface area (Å²) in [5.74, 6) is 1.59. The number of ether oxygens (including phenoxy) is 1. The lowest BCUT2D eigenvalue weighted by atomic mass is 10.0. The van der Waals surface area contributed by atoms with Gasteiger partial charge in [0.05, 0.1) is 52.5 Å². The summed E-state index contributed by atoms with van der Waals surface area (Å²) in [6, 6.07) is 14.5. The van der Waals surface area contributed by atoms with Crippen LogP contribution in [0.25, 0.3) is 22.2 Å². The summed E-state index contributed by atoms with van der Waals surface area (Å²) in [6.07, 6.45) is 2.50. The number of hydrogen-bond acceptors (Lipinski definition) is 7. The molecule has 0 atom stereocenters. The van der Waals surface area contributed by atoms with Gasteiger partial charge in [-0.25, -0.2) is 4.98 Å². The molecule has 0 unspecified atom stereocenters. The van der Waals surface area contributed by atoms with Gasteiger partial charge in [-0.2, -0.15) is 10.4 Å². The molecule has 2 aromatic carbocycles. The third-order valence-electron chi connectivity index (χ3n) is 5.66. The standard InChI is InChI=1S/C24H20ClN5O2.CH2O2/c1-2-15-8-16(31)4-5-18(15)21-9-22-19(11-27-29-22)24(28-21)30-12-17(13-30)32-23-7-14(10-26)3-6-20(23)25;2-1-3/h3-9,11,17,31H,2,12-13H2,1H3,(H,27,29);1H,(H,2,3). The Morgan fingerprint density at radius 3 is 2.77 bits per heavy atom. The Kier molecular flexibility index (Phi) is 7.03. The van der Waals surface area contributed by atoms with Crippen LogP contribution in [0.15, 0.2) is 48.7 Å². The Balaban J connectivity index is 0.000000917. The fourth-order valence-corrected chi connectivity index (χ4v) is 4.12. The van der Waals surface area contributed by atoms with Crippen LogP contribution in [0.3, 0.4) is 0 Å². The van der Waals surface area contributed by atoms with Gasteiger partial charge < -0.3 is 19.8 Å². The van der Waals surface area contributed by atoms with Crippen LogP contribution in [-0.4, -0.2) is 51.1 Å². The SMILES string of the molecule is CCc1cc(O)ccc1-c1cc2[nH]ncc2c(N2CC(Oc3cc(C#N)ccc3Cl)C2)n1.O=CO. The van der Waals surface area contributed by atoms with Gasteiger partial charge in [-0.3, -0.25) is 9.89 Å². The minimum absolute atomic E-state index is 0.0614. The molecule has 9 nitrogen and oxygen atoms in total. The summed E-state index contributed by atoms with van der Waals surface area (Å²) < 4.78 is 6.03. The van der Waals surface area contributed by atoms with Crippen molar-refractivity contribution >= 4 is 34.8 Å². The lowest BCUT2D eigenvalue weighted by molar-refractivity contribution is -0.122. The van der Waals surface area contributed by atoms with Crippen molar-refractivity contribution in [3.05, 3.63) is 64.8 Å². The van der Waals surface area contributed by atoms with Crippen molar-refractivity contribution in [2.75, 3.05) is 18.0 Å². The molecule has 0 spiro atoms. The van der Waals surface area contributed by atoms with Gasteiger partial charge in [0.25, 0.3) is 6.47 Å². The van der Waals surface area contributed by atoms with Gasteiger partial charge in [0.2, 0.25) is 0 Å². The third kappa shape index (κ3) is 4.98. The fraction of sp³-hybridized carbons (Fsp3) is 0.200. The number of carbonyl (C=O) groups is 1. The monoisotopic (exact) mass is 491 g/mol. The van der Waals surface area contributed by atoms with Crippen LogP contribution < -0.4 is 9.64 Å². The number of aromatic hydroxyl groups is 1. The van der Waals surface area contributed by atoms with E-state index in [1.54, 1.807) is 36.5 Å². The molecule has 35 heavy (non-hydrogen) atoms. The van der Waals surface area contributed by atoms with Gasteiger partial charge in [-0.05, 0) is 54.4 Å². The van der Waals surface area contributed by atoms with Crippen LogP contribution >= 0.6 is 11.6 Å². The summed E-state index contributed by atoms with van der Waals surface area (Å²) in [6.45, 7) is 3.08. The maximum atomic E-state index is 9.86. The number of phenols is 1. The van der Waals surface area contributed by atoms with E-state index in [4.69, 9.17) is 36.5 Å². The highest BCUT2D eigenvalue weighted by Gasteiger charge is 2.32. The molecule has 178 valence electrons. The molecule has 2 aromatic heterocycles. The lowest BCUT2D eigenvalue weighted by Gasteiger charge is -2.40. The molecule has 1 fully saturated rings. The van der Waals surface area contributed by atoms with E-state index in [2.05, 4.69) is 28.1 Å². The number of rotatable bonds is 5. The number of aromatic nitrogens is 3. The molecule has 1 aliphatic rings. The van der Waals surface area contributed by atoms with Crippen molar-refractivity contribution in [2.24, 2.45) is 0 Å². The second-order valence-electron chi connectivity index (χ2n) is 7.86. The smallest absolute Gasteiger partial charge is 0.290 e. The Hall–Kier alpha value is -4.29. The predicted molar refractivity (Wildman–Crippen MR) is 132 cm³/mol. The summed E-state index contributed by atoms with van der Waals surface area (Å²) in [5.41, 5.74) is 4.24. The average Bonchev–Trinajstić information content (AvgIpc) is 3.31. The quantitative estimate of drug-likeness (QED) is 0.350. The summed E-state index contributed by atoms with van der Waals surface area (Å²) in [4.78, 5) is 15.4. The second kappa shape index (κ2) is 10.3. The fourth-order valence-electron chi connectivity index (χ4n) is 3.96. The Morgan fingerprint density at radius 1 is 1.29 bits per heavy atom. The van der Waals surface area contributed by atoms with Crippen molar-refractivity contribution in [3.63, 3.8) is 0 Å². The van der Waals surface area contributed by atoms with E-state index in [9.17, 15) is 5.11 Å². The van der Waals surface area contributed by atoms with Crippen LogP contribution in [0.2, 0.25) is 5.02 Å². The molecule has 10 heteroatoms. The number of nitrogens with zero attached hydrogens (tertiary/aromatic N) is 4. The van der Waals surface area contributed by atoms with E-state index >= 15 is 0 Å². The Labute approximate surface area is 206 Å². The van der Waals surface area contributed by atoms with Gasteiger partial charge in [0.1, 0.15) is 23.4 Å². The molecule has 0 bridgehead atoms. The van der Waals surface area contributed by atoms with E-state index in [1.807, 2.05) is 12.1 Å². The minimum atomic E-state index is -0.250. The number of nitriles is 1. The first-order chi connectivity index (χ1) is 17.0. The van der Waals surface area contributed by atoms with E-state index < -0.39 is 0 Å². The van der Waals surface area contributed by atoms with Gasteiger partial charge in [-0.1, -0.05) is 18.5 Å². The van der Waals surface area contributed by atoms with Crippen molar-refractivity contribution < 1.29 is 19.7 Å². The first-order valence-electron chi connectivity index (χ1n) is 10.8. The van der Waals surface area contributed by atoms with Gasteiger partial charge in [-0.15, -0.1) is 0 Å². The minimum Gasteiger partial charge on any atom is -0.508 e. The lowest BCUT2D eigenvalue weighted by Crippen LogP contribution is -2.54. The zero-order valence-corrected chi connectivity index (χ0v) is 19.5. The van der Waals surface area contributed by atoms with E-state index in [1.165, 1.54) is 0 Å². The van der Waals surface area contributed by atoms with Crippen molar-refractivity contribution in [1.29, 1.82) is 5.26 Å². The summed E-state index contributed by atoms with van der Waals surface area (Å²) >= 11 is 6.23. The van der Waals surface area contributed by atoms with Crippen LogP contribution in [-0.2, 0) is 11.2 Å². The summed E-state index contributed by atoms with van der Waals surface area (Å²) in [5, 5.41) is 34.5. The maximum absolute atomic E-state index is 9.86. The zero-order chi connectivity index (χ0) is 24.9. The molecular weight excluding hydrogens is 470 g/mol. The molecule has 3 heterocycles. The highest BCUT2D eigenvalue weighted by molar-refractivity contribution is 6.32. The summed E-state index contributed by atoms with van der Waals surface area (Å²) in [7, 11) is 0. The maximum Gasteiger partial charge on any atom is 0.290 e. The number of benzene rings is 2. The number of hydrogen-bond donors (Lipinski definition) is 3. The van der Waals surface area contributed by atoms with Crippen LogP contribution in [0, 0.1) is 11.3 Å². The topological polar surface area (TPSA) is 135 Å². The number of nitrogens with one attached hydrogen (secondary N) is 1. The first kappa shape index (κ1) is 23.9. The van der Waals surface area contributed by atoms with Crippen LogP contribution in [0.5, 0.6) is 11.5 Å². The molecule has 0 saturated carbocycles. The van der Waals surface area contributed by atoms with Crippen LogP contribution in [0.1, 0.15) is 18.1 Å². The van der Waals surface area contributed by atoms with E-state index in [-0.39, 0.29) is 18.3 Å². The highest BCUT2D eigenvalue weighted by Crippen LogP contribution is 2.35. The molecule has 1 saturated heterocycles. The normalized spacial score (nSPS) is 12.9. The molecule has 0 radical (unpaired) electrons. The number of aryl methyl sites for hydroxylation is 1. The number of halogens is 1. The number of anilines is 1. The molecule has 5 rings (SSSR count). The highest BCUT2D eigenvalue weighted by atomic mass is 35.5.